The van der Waals surface area contributed by atoms with E-state index in [4.69, 9.17) is 4.98 Å². The first kappa shape index (κ1) is 24.3. The van der Waals surface area contributed by atoms with E-state index in [9.17, 15) is 0 Å². The van der Waals surface area contributed by atoms with Crippen LogP contribution in [0.1, 0.15) is 0 Å². The van der Waals surface area contributed by atoms with E-state index in [2.05, 4.69) is 146 Å². The summed E-state index contributed by atoms with van der Waals surface area (Å²) in [6.07, 6.45) is 1.95. The van der Waals surface area contributed by atoms with Crippen LogP contribution in [-0.4, -0.2) is 4.98 Å². The highest BCUT2D eigenvalue weighted by atomic mass is 14.7. The summed E-state index contributed by atoms with van der Waals surface area (Å²) in [6, 6.07) is 53.8. The molecule has 9 aromatic rings. The Morgan fingerprint density at radius 3 is 1.22 bits per heavy atom. The second-order valence-corrected chi connectivity index (χ2v) is 12.6. The fraction of sp³-hybridized carbons (Fsp3) is 0. The number of benzene rings is 8. The molecule has 0 spiro atoms. The van der Waals surface area contributed by atoms with Crippen LogP contribution in [0.3, 0.4) is 0 Å². The molecular weight excluding hydrogens is 555 g/mol. The van der Waals surface area contributed by atoms with E-state index in [1.165, 1.54) is 104 Å². The Morgan fingerprint density at radius 2 is 0.652 bits per heavy atom. The minimum absolute atomic E-state index is 1.04. The van der Waals surface area contributed by atoms with Crippen molar-refractivity contribution in [3.8, 4) is 66.8 Å². The Labute approximate surface area is 266 Å². The number of pyridine rings is 1. The van der Waals surface area contributed by atoms with Gasteiger partial charge in [-0.3, -0.25) is 4.98 Å². The van der Waals surface area contributed by atoms with Gasteiger partial charge in [0, 0.05) is 17.1 Å². The highest BCUT2D eigenvalue weighted by Gasteiger charge is 2.27. The van der Waals surface area contributed by atoms with Crippen molar-refractivity contribution in [3.63, 3.8) is 0 Å². The Bertz CT molecular complexity index is 2490. The summed E-state index contributed by atoms with van der Waals surface area (Å²) in [5.74, 6) is 0. The summed E-state index contributed by atoms with van der Waals surface area (Å²) in [7, 11) is 0. The molecule has 2 aliphatic carbocycles. The molecule has 0 bridgehead atoms. The standard InChI is InChI=1S/C45H25N/c1-3-12-28-26(10-1)30-16-7-18-33-38(23-21-36(28)41(30)33)43-32-14-5-6-15-35(32)44(45-40(43)20-9-25-46-45)39-24-22-37-29-13-4-2-11-27(29)31-17-8-19-34(39)42(31)37/h1-25H. The van der Waals surface area contributed by atoms with Crippen LogP contribution in [0.15, 0.2) is 152 Å². The van der Waals surface area contributed by atoms with Crippen molar-refractivity contribution in [1.29, 1.82) is 0 Å². The van der Waals surface area contributed by atoms with Crippen molar-refractivity contribution >= 4 is 43.2 Å². The van der Waals surface area contributed by atoms with E-state index < -0.39 is 0 Å². The topological polar surface area (TPSA) is 12.9 Å². The predicted octanol–water partition coefficient (Wildman–Crippen LogP) is 12.3. The second kappa shape index (κ2) is 8.78. The van der Waals surface area contributed by atoms with Gasteiger partial charge in [-0.15, -0.1) is 0 Å². The SMILES string of the molecule is c1ccc2c(c1)-c1cccc3c(-c4c5ccccc5c(-c5ccc6c7c(cccc57)-c5ccccc5-6)c5ncccc45)ccc-2c13. The van der Waals surface area contributed by atoms with Gasteiger partial charge in [0.25, 0.3) is 0 Å². The Morgan fingerprint density at radius 1 is 0.261 bits per heavy atom. The molecule has 0 saturated carbocycles. The molecule has 1 nitrogen and oxygen atoms in total. The van der Waals surface area contributed by atoms with Crippen LogP contribution < -0.4 is 0 Å². The van der Waals surface area contributed by atoms with Gasteiger partial charge in [-0.05, 0) is 99.6 Å². The third kappa shape index (κ3) is 2.98. The van der Waals surface area contributed by atoms with Crippen LogP contribution in [0, 0.1) is 0 Å². The lowest BCUT2D eigenvalue weighted by molar-refractivity contribution is 1.42. The molecule has 2 aliphatic rings. The zero-order valence-corrected chi connectivity index (χ0v) is 24.9. The molecule has 0 fully saturated rings. The van der Waals surface area contributed by atoms with Gasteiger partial charge in [0.1, 0.15) is 0 Å². The molecule has 1 aromatic heterocycles. The number of nitrogens with zero attached hydrogens (tertiary/aromatic N) is 1. The average molecular weight is 580 g/mol. The maximum atomic E-state index is 5.16. The number of hydrogen-bond donors (Lipinski definition) is 0. The zero-order valence-electron chi connectivity index (χ0n) is 24.9. The van der Waals surface area contributed by atoms with Crippen molar-refractivity contribution in [2.24, 2.45) is 0 Å². The molecule has 210 valence electrons. The number of fused-ring (bicyclic) bond motifs is 8. The van der Waals surface area contributed by atoms with E-state index >= 15 is 0 Å². The molecule has 11 rings (SSSR count). The van der Waals surface area contributed by atoms with Gasteiger partial charge in [-0.25, -0.2) is 0 Å². The van der Waals surface area contributed by atoms with E-state index in [0.29, 0.717) is 0 Å². The molecule has 0 unspecified atom stereocenters. The van der Waals surface area contributed by atoms with Gasteiger partial charge in [0.2, 0.25) is 0 Å². The third-order valence-electron chi connectivity index (χ3n) is 10.4. The molecule has 46 heavy (non-hydrogen) atoms. The molecule has 0 amide bonds. The van der Waals surface area contributed by atoms with Gasteiger partial charge in [0.05, 0.1) is 5.52 Å². The molecule has 1 heterocycles. The largest absolute Gasteiger partial charge is 0.256 e. The maximum Gasteiger partial charge on any atom is 0.0793 e. The van der Waals surface area contributed by atoms with Gasteiger partial charge in [0.15, 0.2) is 0 Å². The molecule has 0 atom stereocenters. The van der Waals surface area contributed by atoms with Crippen molar-refractivity contribution in [2.45, 2.75) is 0 Å². The van der Waals surface area contributed by atoms with Crippen LogP contribution in [-0.2, 0) is 0 Å². The first-order chi connectivity index (χ1) is 22.9. The Balaban J connectivity index is 1.26. The molecule has 0 aliphatic heterocycles. The lowest BCUT2D eigenvalue weighted by Gasteiger charge is -2.19. The molecule has 8 aromatic carbocycles. The zero-order chi connectivity index (χ0) is 29.9. The maximum absolute atomic E-state index is 5.16. The van der Waals surface area contributed by atoms with Gasteiger partial charge >= 0.3 is 0 Å². The van der Waals surface area contributed by atoms with Crippen molar-refractivity contribution < 1.29 is 0 Å². The molecule has 0 N–H and O–H groups in total. The molecule has 0 radical (unpaired) electrons. The lowest BCUT2D eigenvalue weighted by Crippen LogP contribution is -1.94. The first-order valence-corrected chi connectivity index (χ1v) is 16.0. The third-order valence-corrected chi connectivity index (χ3v) is 10.4. The van der Waals surface area contributed by atoms with Crippen molar-refractivity contribution in [1.82, 2.24) is 4.98 Å². The fourth-order valence-electron chi connectivity index (χ4n) is 8.61. The van der Waals surface area contributed by atoms with E-state index in [0.717, 1.165) is 5.52 Å². The first-order valence-electron chi connectivity index (χ1n) is 16.0. The Kier molecular flexibility index (Phi) is 4.63. The van der Waals surface area contributed by atoms with Crippen molar-refractivity contribution in [3.05, 3.63) is 152 Å². The summed E-state index contributed by atoms with van der Waals surface area (Å²) in [6.45, 7) is 0. The number of aromatic nitrogens is 1. The number of hydrogen-bond acceptors (Lipinski definition) is 1. The summed E-state index contributed by atoms with van der Waals surface area (Å²) in [5, 5.41) is 8.91. The minimum Gasteiger partial charge on any atom is -0.256 e. The summed E-state index contributed by atoms with van der Waals surface area (Å²) in [5.41, 5.74) is 16.5. The van der Waals surface area contributed by atoms with Crippen molar-refractivity contribution in [2.75, 3.05) is 0 Å². The van der Waals surface area contributed by atoms with Crippen LogP contribution in [0.2, 0.25) is 0 Å². The Hall–Kier alpha value is -6.05. The normalized spacial score (nSPS) is 12.3. The fourth-order valence-corrected chi connectivity index (χ4v) is 8.61. The second-order valence-electron chi connectivity index (χ2n) is 12.6. The van der Waals surface area contributed by atoms with E-state index in [1.54, 1.807) is 0 Å². The number of rotatable bonds is 2. The summed E-state index contributed by atoms with van der Waals surface area (Å²) in [4.78, 5) is 5.16. The molecule has 1 heteroatoms. The minimum atomic E-state index is 1.04. The quantitative estimate of drug-likeness (QED) is 0.186. The van der Waals surface area contributed by atoms with E-state index in [1.807, 2.05) is 6.20 Å². The summed E-state index contributed by atoms with van der Waals surface area (Å²) < 4.78 is 0. The monoisotopic (exact) mass is 579 g/mol. The summed E-state index contributed by atoms with van der Waals surface area (Å²) >= 11 is 0. The van der Waals surface area contributed by atoms with Crippen LogP contribution in [0.25, 0.3) is 110 Å². The van der Waals surface area contributed by atoms with Crippen LogP contribution in [0.4, 0.5) is 0 Å². The smallest absolute Gasteiger partial charge is 0.0793 e. The lowest BCUT2D eigenvalue weighted by atomic mass is 9.84. The highest BCUT2D eigenvalue weighted by Crippen LogP contribution is 2.53. The average Bonchev–Trinajstić information content (AvgIpc) is 3.63. The van der Waals surface area contributed by atoms with Gasteiger partial charge in [-0.1, -0.05) is 140 Å². The predicted molar refractivity (Wildman–Crippen MR) is 194 cm³/mol. The highest BCUT2D eigenvalue weighted by molar-refractivity contribution is 6.28. The van der Waals surface area contributed by atoms with Crippen LogP contribution in [0.5, 0.6) is 0 Å². The van der Waals surface area contributed by atoms with E-state index in [-0.39, 0.29) is 0 Å². The molecular formula is C45H25N. The van der Waals surface area contributed by atoms with Gasteiger partial charge in [-0.2, -0.15) is 0 Å². The molecule has 0 saturated heterocycles. The van der Waals surface area contributed by atoms with Crippen LogP contribution >= 0.6 is 0 Å². The van der Waals surface area contributed by atoms with Gasteiger partial charge < -0.3 is 0 Å².